The number of hydrogen-bond donors (Lipinski definition) is 1. The second kappa shape index (κ2) is 5.92. The lowest BCUT2D eigenvalue weighted by Crippen LogP contribution is -2.02. The summed E-state index contributed by atoms with van der Waals surface area (Å²) in [7, 11) is -1.43. The van der Waals surface area contributed by atoms with Crippen molar-refractivity contribution in [1.82, 2.24) is 4.98 Å². The number of anilines is 1. The zero-order valence-corrected chi connectivity index (χ0v) is 12.1. The molecule has 1 heterocycles. The summed E-state index contributed by atoms with van der Waals surface area (Å²) in [6, 6.07) is 12.0. The van der Waals surface area contributed by atoms with Crippen LogP contribution in [0.3, 0.4) is 0 Å². The molecule has 0 radical (unpaired) electrons. The van der Waals surface area contributed by atoms with E-state index in [4.69, 9.17) is 4.74 Å². The van der Waals surface area contributed by atoms with Crippen LogP contribution in [-0.4, -0.2) is 26.7 Å². The number of rotatable bonds is 5. The molecule has 0 aliphatic rings. The first-order valence-electron chi connectivity index (χ1n) is 6.05. The molecule has 0 bridgehead atoms. The topological polar surface area (TPSA) is 68.3 Å². The minimum absolute atomic E-state index is 0.243. The van der Waals surface area contributed by atoms with Crippen molar-refractivity contribution in [3.63, 3.8) is 0 Å². The molecule has 1 aromatic carbocycles. The number of nitrogens with zero attached hydrogens (tertiary/aromatic N) is 1. The van der Waals surface area contributed by atoms with E-state index in [1.54, 1.807) is 25.2 Å². The van der Waals surface area contributed by atoms with Crippen molar-refractivity contribution < 1.29 is 13.2 Å². The Morgan fingerprint density at radius 1 is 1.20 bits per heavy atom. The van der Waals surface area contributed by atoms with E-state index in [9.17, 15) is 8.42 Å². The Bertz CT molecular complexity index is 699. The molecular weight excluding hydrogens is 276 g/mol. The second-order valence-corrected chi connectivity index (χ2v) is 6.32. The fourth-order valence-corrected chi connectivity index (χ4v) is 2.31. The molecule has 0 aliphatic carbocycles. The molecule has 0 unspecified atom stereocenters. The maximum Gasteiger partial charge on any atom is 0.175 e. The summed E-state index contributed by atoms with van der Waals surface area (Å²) in [6.07, 6.45) is 1.17. The van der Waals surface area contributed by atoms with Crippen molar-refractivity contribution in [3.8, 4) is 5.75 Å². The van der Waals surface area contributed by atoms with Gasteiger partial charge >= 0.3 is 0 Å². The maximum absolute atomic E-state index is 11.5. The van der Waals surface area contributed by atoms with Crippen molar-refractivity contribution in [3.05, 3.63) is 48.2 Å². The maximum atomic E-state index is 11.5. The van der Waals surface area contributed by atoms with Crippen molar-refractivity contribution in [2.45, 2.75) is 11.5 Å². The van der Waals surface area contributed by atoms with Gasteiger partial charge in [0.25, 0.3) is 0 Å². The molecule has 0 saturated heterocycles. The third kappa shape index (κ3) is 3.71. The van der Waals surface area contributed by atoms with Crippen LogP contribution in [0.1, 0.15) is 5.69 Å². The van der Waals surface area contributed by atoms with E-state index in [1.165, 1.54) is 12.3 Å². The van der Waals surface area contributed by atoms with Gasteiger partial charge in [-0.2, -0.15) is 0 Å². The molecule has 0 aliphatic heterocycles. The molecule has 5 nitrogen and oxygen atoms in total. The molecule has 2 rings (SSSR count). The van der Waals surface area contributed by atoms with Crippen LogP contribution in [-0.2, 0) is 16.4 Å². The summed E-state index contributed by atoms with van der Waals surface area (Å²) in [4.78, 5) is 4.57. The number of benzene rings is 1. The van der Waals surface area contributed by atoms with Crippen LogP contribution >= 0.6 is 0 Å². The Morgan fingerprint density at radius 2 is 1.95 bits per heavy atom. The molecule has 20 heavy (non-hydrogen) atoms. The highest BCUT2D eigenvalue weighted by molar-refractivity contribution is 7.90. The predicted octanol–water partition coefficient (Wildman–Crippen LogP) is 2.11. The molecule has 106 valence electrons. The minimum Gasteiger partial charge on any atom is -0.487 e. The fraction of sp³-hybridized carbons (Fsp3) is 0.214. The molecule has 0 amide bonds. The van der Waals surface area contributed by atoms with Crippen LogP contribution in [0.15, 0.2) is 47.4 Å². The molecule has 2 aromatic rings. The van der Waals surface area contributed by atoms with Gasteiger partial charge in [0.1, 0.15) is 18.2 Å². The summed E-state index contributed by atoms with van der Waals surface area (Å²) in [6.45, 7) is 0.280. The van der Waals surface area contributed by atoms with E-state index in [1.807, 2.05) is 18.2 Å². The second-order valence-electron chi connectivity index (χ2n) is 4.30. The molecule has 0 atom stereocenters. The number of aromatic nitrogens is 1. The molecule has 6 heteroatoms. The van der Waals surface area contributed by atoms with Crippen LogP contribution in [0.25, 0.3) is 0 Å². The first-order chi connectivity index (χ1) is 9.49. The number of nitrogens with one attached hydrogen (secondary N) is 1. The van der Waals surface area contributed by atoms with Gasteiger partial charge in [-0.1, -0.05) is 12.1 Å². The lowest BCUT2D eigenvalue weighted by Gasteiger charge is -2.08. The first-order valence-corrected chi connectivity index (χ1v) is 7.95. The van der Waals surface area contributed by atoms with Gasteiger partial charge in [-0.3, -0.25) is 0 Å². The Balaban J connectivity index is 2.11. The lowest BCUT2D eigenvalue weighted by atomic mass is 10.3. The highest BCUT2D eigenvalue weighted by Crippen LogP contribution is 2.18. The van der Waals surface area contributed by atoms with Gasteiger partial charge < -0.3 is 10.1 Å². The van der Waals surface area contributed by atoms with Crippen LogP contribution in [0, 0.1) is 0 Å². The van der Waals surface area contributed by atoms with Crippen LogP contribution in [0.2, 0.25) is 0 Å². The normalized spacial score (nSPS) is 11.1. The number of ether oxygens (including phenoxy) is 1. The van der Waals surface area contributed by atoms with Gasteiger partial charge in [0.15, 0.2) is 9.84 Å². The van der Waals surface area contributed by atoms with Gasteiger partial charge in [-0.15, -0.1) is 0 Å². The smallest absolute Gasteiger partial charge is 0.175 e. The molecule has 1 aromatic heterocycles. The third-order valence-electron chi connectivity index (χ3n) is 2.68. The standard InChI is InChI=1S/C14H16N2O3S/c1-15-14-8-3-5-11(16-14)10-19-12-6-4-7-13(9-12)20(2,17)18/h3-9H,10H2,1-2H3,(H,15,16). The van der Waals surface area contributed by atoms with Gasteiger partial charge in [-0.05, 0) is 30.3 Å². The van der Waals surface area contributed by atoms with Gasteiger partial charge in [0.05, 0.1) is 10.6 Å². The average molecular weight is 292 g/mol. The largest absolute Gasteiger partial charge is 0.487 e. The monoisotopic (exact) mass is 292 g/mol. The number of sulfone groups is 1. The molecule has 0 saturated carbocycles. The predicted molar refractivity (Wildman–Crippen MR) is 77.7 cm³/mol. The Labute approximate surface area is 118 Å². The van der Waals surface area contributed by atoms with E-state index in [-0.39, 0.29) is 11.5 Å². The molecular formula is C14H16N2O3S. The third-order valence-corrected chi connectivity index (χ3v) is 3.79. The zero-order chi connectivity index (χ0) is 14.6. The first kappa shape index (κ1) is 14.3. The van der Waals surface area contributed by atoms with Crippen LogP contribution < -0.4 is 10.1 Å². The summed E-state index contributed by atoms with van der Waals surface area (Å²) in [5, 5.41) is 2.95. The van der Waals surface area contributed by atoms with Gasteiger partial charge in [0.2, 0.25) is 0 Å². The number of pyridine rings is 1. The van der Waals surface area contributed by atoms with Crippen molar-refractivity contribution in [2.75, 3.05) is 18.6 Å². The Morgan fingerprint density at radius 3 is 2.65 bits per heavy atom. The van der Waals surface area contributed by atoms with E-state index >= 15 is 0 Å². The zero-order valence-electron chi connectivity index (χ0n) is 11.3. The highest BCUT2D eigenvalue weighted by atomic mass is 32.2. The number of hydrogen-bond acceptors (Lipinski definition) is 5. The van der Waals surface area contributed by atoms with Gasteiger partial charge in [0, 0.05) is 13.3 Å². The van der Waals surface area contributed by atoms with E-state index in [2.05, 4.69) is 10.3 Å². The SMILES string of the molecule is CNc1cccc(COc2cccc(S(C)(=O)=O)c2)n1. The average Bonchev–Trinajstić information content (AvgIpc) is 2.45. The van der Waals surface area contributed by atoms with Crippen molar-refractivity contribution in [1.29, 1.82) is 0 Å². The van der Waals surface area contributed by atoms with Gasteiger partial charge in [-0.25, -0.2) is 13.4 Å². The minimum atomic E-state index is -3.22. The van der Waals surface area contributed by atoms with Crippen LogP contribution in [0.4, 0.5) is 5.82 Å². The van der Waals surface area contributed by atoms with E-state index < -0.39 is 9.84 Å². The summed E-state index contributed by atoms with van der Waals surface area (Å²) in [5.41, 5.74) is 0.765. The van der Waals surface area contributed by atoms with Crippen molar-refractivity contribution in [2.24, 2.45) is 0 Å². The van der Waals surface area contributed by atoms with Crippen LogP contribution in [0.5, 0.6) is 5.75 Å². The summed E-state index contributed by atoms with van der Waals surface area (Å²) in [5.74, 6) is 1.26. The Kier molecular flexibility index (Phi) is 4.24. The summed E-state index contributed by atoms with van der Waals surface area (Å²) >= 11 is 0. The molecule has 0 fully saturated rings. The Hall–Kier alpha value is -2.08. The fourth-order valence-electron chi connectivity index (χ4n) is 1.65. The molecule has 1 N–H and O–H groups in total. The summed E-state index contributed by atoms with van der Waals surface area (Å²) < 4.78 is 28.5. The molecule has 0 spiro atoms. The highest BCUT2D eigenvalue weighted by Gasteiger charge is 2.08. The van der Waals surface area contributed by atoms with Crippen molar-refractivity contribution >= 4 is 15.7 Å². The van der Waals surface area contributed by atoms with E-state index in [0.29, 0.717) is 5.75 Å². The lowest BCUT2D eigenvalue weighted by molar-refractivity contribution is 0.300. The quantitative estimate of drug-likeness (QED) is 0.914. The van der Waals surface area contributed by atoms with E-state index in [0.717, 1.165) is 11.5 Å².